The largest absolute Gasteiger partial charge is 0.366 e. The summed E-state index contributed by atoms with van der Waals surface area (Å²) in [5.74, 6) is 0.709. The average molecular weight is 288 g/mol. The van der Waals surface area contributed by atoms with Gasteiger partial charge < -0.3 is 10.2 Å². The Labute approximate surface area is 130 Å². The third kappa shape index (κ3) is 4.00. The minimum absolute atomic E-state index is 0.679. The van der Waals surface area contributed by atoms with Crippen LogP contribution in [-0.2, 0) is 6.54 Å². The highest BCUT2D eigenvalue weighted by Gasteiger charge is 2.30. The van der Waals surface area contributed by atoms with Crippen molar-refractivity contribution in [3.05, 3.63) is 29.3 Å². The summed E-state index contributed by atoms with van der Waals surface area (Å²) in [6, 6.07) is 8.40. The van der Waals surface area contributed by atoms with Crippen molar-refractivity contribution in [3.63, 3.8) is 0 Å². The van der Waals surface area contributed by atoms with Crippen molar-refractivity contribution in [2.24, 2.45) is 5.92 Å². The van der Waals surface area contributed by atoms with Crippen LogP contribution in [0.1, 0.15) is 58.1 Å². The maximum absolute atomic E-state index is 3.53. The maximum Gasteiger partial charge on any atom is 0.0401 e. The topological polar surface area (TPSA) is 15.3 Å². The molecule has 1 saturated heterocycles. The van der Waals surface area contributed by atoms with Gasteiger partial charge in [0.2, 0.25) is 0 Å². The van der Waals surface area contributed by atoms with E-state index in [0.717, 1.165) is 19.1 Å². The van der Waals surface area contributed by atoms with Gasteiger partial charge in [0.25, 0.3) is 0 Å². The zero-order valence-electron chi connectivity index (χ0n) is 14.4. The molecular formula is C19H32N2. The monoisotopic (exact) mass is 288 g/mol. The molecule has 2 unspecified atom stereocenters. The number of hydrogen-bond donors (Lipinski definition) is 1. The number of hydrogen-bond acceptors (Lipinski definition) is 2. The van der Waals surface area contributed by atoms with Crippen LogP contribution in [0.4, 0.5) is 5.69 Å². The summed E-state index contributed by atoms with van der Waals surface area (Å²) in [6.07, 6.45) is 3.92. The van der Waals surface area contributed by atoms with Gasteiger partial charge in [-0.05, 0) is 62.8 Å². The third-order valence-electron chi connectivity index (χ3n) is 4.68. The molecule has 1 heterocycles. The molecule has 0 spiro atoms. The smallest absolute Gasteiger partial charge is 0.0401 e. The highest BCUT2D eigenvalue weighted by molar-refractivity contribution is 5.56. The highest BCUT2D eigenvalue weighted by Crippen LogP contribution is 2.34. The van der Waals surface area contributed by atoms with Crippen molar-refractivity contribution in [2.75, 3.05) is 11.4 Å². The molecule has 0 amide bonds. The van der Waals surface area contributed by atoms with Crippen molar-refractivity contribution >= 4 is 5.69 Å². The lowest BCUT2D eigenvalue weighted by Gasteiger charge is -2.32. The summed E-state index contributed by atoms with van der Waals surface area (Å²) in [6.45, 7) is 13.5. The summed E-state index contributed by atoms with van der Waals surface area (Å²) >= 11 is 0. The van der Waals surface area contributed by atoms with Crippen LogP contribution in [-0.4, -0.2) is 18.6 Å². The minimum atomic E-state index is 0.679. The van der Waals surface area contributed by atoms with Gasteiger partial charge in [0.1, 0.15) is 0 Å². The summed E-state index contributed by atoms with van der Waals surface area (Å²) < 4.78 is 0. The Morgan fingerprint density at radius 2 is 2.05 bits per heavy atom. The molecule has 0 aromatic heterocycles. The van der Waals surface area contributed by atoms with E-state index in [4.69, 9.17) is 0 Å². The molecule has 1 N–H and O–H groups in total. The van der Waals surface area contributed by atoms with Crippen molar-refractivity contribution in [1.29, 1.82) is 0 Å². The lowest BCUT2D eigenvalue weighted by Crippen LogP contribution is -2.34. The van der Waals surface area contributed by atoms with Gasteiger partial charge in [0.15, 0.2) is 0 Å². The first-order chi connectivity index (χ1) is 10.0. The van der Waals surface area contributed by atoms with Crippen LogP contribution in [0.5, 0.6) is 0 Å². The summed E-state index contributed by atoms with van der Waals surface area (Å²) in [5, 5.41) is 3.53. The van der Waals surface area contributed by atoms with Crippen molar-refractivity contribution in [1.82, 2.24) is 5.32 Å². The normalized spacial score (nSPS) is 22.3. The van der Waals surface area contributed by atoms with E-state index in [1.165, 1.54) is 36.1 Å². The van der Waals surface area contributed by atoms with E-state index in [-0.39, 0.29) is 0 Å². The van der Waals surface area contributed by atoms with Crippen LogP contribution < -0.4 is 10.2 Å². The molecule has 2 rings (SSSR count). The van der Waals surface area contributed by atoms with Gasteiger partial charge in [-0.3, -0.25) is 0 Å². The van der Waals surface area contributed by atoms with Gasteiger partial charge in [0, 0.05) is 24.3 Å². The number of rotatable bonds is 6. The first kappa shape index (κ1) is 16.4. The Hall–Kier alpha value is -1.02. The zero-order valence-corrected chi connectivity index (χ0v) is 14.4. The number of benzene rings is 1. The van der Waals surface area contributed by atoms with E-state index in [2.05, 4.69) is 63.0 Å². The van der Waals surface area contributed by atoms with E-state index < -0.39 is 0 Å². The van der Waals surface area contributed by atoms with Crippen molar-refractivity contribution in [3.8, 4) is 0 Å². The number of nitrogens with one attached hydrogen (secondary N) is 1. The average Bonchev–Trinajstić information content (AvgIpc) is 2.80. The van der Waals surface area contributed by atoms with E-state index >= 15 is 0 Å². The standard InChI is InChI=1S/C19H32N2/c1-6-18-9-7-16(5)21(18)19-10-8-17(11-15(19)4)13-20-12-14(2)3/h8,10-11,14,16,18,20H,6-7,9,12-13H2,1-5H3. The minimum Gasteiger partial charge on any atom is -0.366 e. The molecule has 1 aliphatic heterocycles. The molecule has 0 bridgehead atoms. The Balaban J connectivity index is 2.08. The fourth-order valence-corrected chi connectivity index (χ4v) is 3.53. The van der Waals surface area contributed by atoms with Crippen molar-refractivity contribution < 1.29 is 0 Å². The third-order valence-corrected chi connectivity index (χ3v) is 4.68. The maximum atomic E-state index is 3.53. The van der Waals surface area contributed by atoms with Gasteiger partial charge in [0.05, 0.1) is 0 Å². The zero-order chi connectivity index (χ0) is 15.4. The van der Waals surface area contributed by atoms with E-state index in [1.54, 1.807) is 0 Å². The molecule has 1 aliphatic rings. The highest BCUT2D eigenvalue weighted by atomic mass is 15.2. The number of nitrogens with zero attached hydrogens (tertiary/aromatic N) is 1. The van der Waals surface area contributed by atoms with Gasteiger partial charge in [-0.2, -0.15) is 0 Å². The van der Waals surface area contributed by atoms with E-state index in [9.17, 15) is 0 Å². The molecule has 0 saturated carbocycles. The molecule has 2 nitrogen and oxygen atoms in total. The van der Waals surface area contributed by atoms with Crippen LogP contribution >= 0.6 is 0 Å². The van der Waals surface area contributed by atoms with Crippen LogP contribution in [0.25, 0.3) is 0 Å². The second-order valence-corrected chi connectivity index (χ2v) is 7.04. The first-order valence-electron chi connectivity index (χ1n) is 8.61. The van der Waals surface area contributed by atoms with Crippen molar-refractivity contribution in [2.45, 2.75) is 72.5 Å². The molecule has 1 fully saturated rings. The fraction of sp³-hybridized carbons (Fsp3) is 0.684. The Bertz CT molecular complexity index is 453. The molecule has 118 valence electrons. The lowest BCUT2D eigenvalue weighted by atomic mass is 10.1. The molecule has 1 aromatic carbocycles. The SMILES string of the molecule is CCC1CCC(C)N1c1ccc(CNCC(C)C)cc1C. The summed E-state index contributed by atoms with van der Waals surface area (Å²) in [4.78, 5) is 2.65. The predicted octanol–water partition coefficient (Wildman–Crippen LogP) is 4.51. The number of anilines is 1. The molecule has 0 radical (unpaired) electrons. The fourth-order valence-electron chi connectivity index (χ4n) is 3.53. The van der Waals surface area contributed by atoms with Gasteiger partial charge in [-0.25, -0.2) is 0 Å². The lowest BCUT2D eigenvalue weighted by molar-refractivity contribution is 0.552. The van der Waals surface area contributed by atoms with E-state index in [1.807, 2.05) is 0 Å². The second-order valence-electron chi connectivity index (χ2n) is 7.04. The molecule has 1 aromatic rings. The first-order valence-corrected chi connectivity index (χ1v) is 8.61. The molecule has 2 heteroatoms. The Morgan fingerprint density at radius 3 is 2.67 bits per heavy atom. The second kappa shape index (κ2) is 7.31. The van der Waals surface area contributed by atoms with E-state index in [0.29, 0.717) is 12.0 Å². The van der Waals surface area contributed by atoms with Crippen LogP contribution in [0, 0.1) is 12.8 Å². The molecule has 2 atom stereocenters. The van der Waals surface area contributed by atoms with Gasteiger partial charge in [-0.15, -0.1) is 0 Å². The summed E-state index contributed by atoms with van der Waals surface area (Å²) in [7, 11) is 0. The van der Waals surface area contributed by atoms with Gasteiger partial charge >= 0.3 is 0 Å². The Kier molecular flexibility index (Phi) is 5.69. The molecular weight excluding hydrogens is 256 g/mol. The molecule has 21 heavy (non-hydrogen) atoms. The van der Waals surface area contributed by atoms with Crippen LogP contribution in [0.3, 0.4) is 0 Å². The summed E-state index contributed by atoms with van der Waals surface area (Å²) in [5.41, 5.74) is 4.27. The quantitative estimate of drug-likeness (QED) is 0.828. The molecule has 0 aliphatic carbocycles. The predicted molar refractivity (Wildman–Crippen MR) is 93.0 cm³/mol. The Morgan fingerprint density at radius 1 is 1.29 bits per heavy atom. The van der Waals surface area contributed by atoms with Crippen LogP contribution in [0.2, 0.25) is 0 Å². The number of aryl methyl sites for hydroxylation is 1. The van der Waals surface area contributed by atoms with Crippen LogP contribution in [0.15, 0.2) is 18.2 Å². The van der Waals surface area contributed by atoms with Gasteiger partial charge in [-0.1, -0.05) is 32.9 Å².